The van der Waals surface area contributed by atoms with Crippen molar-refractivity contribution in [2.75, 3.05) is 13.1 Å². The zero-order chi connectivity index (χ0) is 22.3. The van der Waals surface area contributed by atoms with E-state index in [0.29, 0.717) is 41.9 Å². The molecule has 164 valence electrons. The second-order valence-electron chi connectivity index (χ2n) is 7.67. The number of carbonyl (C=O) groups is 1. The first-order chi connectivity index (χ1) is 14.7. The Morgan fingerprint density at radius 3 is 2.68 bits per heavy atom. The zero-order valence-corrected chi connectivity index (χ0v) is 17.0. The highest BCUT2D eigenvalue weighted by molar-refractivity contribution is 6.01. The summed E-state index contributed by atoms with van der Waals surface area (Å²) >= 11 is 0. The van der Waals surface area contributed by atoms with E-state index in [1.165, 1.54) is 19.1 Å². The lowest BCUT2D eigenvalue weighted by Crippen LogP contribution is -2.43. The first kappa shape index (κ1) is 21.3. The van der Waals surface area contributed by atoms with Gasteiger partial charge in [0.05, 0.1) is 22.7 Å². The van der Waals surface area contributed by atoms with Crippen LogP contribution in [-0.2, 0) is 17.3 Å². The number of nitrogens with zero attached hydrogens (tertiary/aromatic N) is 2. The van der Waals surface area contributed by atoms with Crippen molar-refractivity contribution in [1.82, 2.24) is 14.9 Å². The average Bonchev–Trinajstić information content (AvgIpc) is 3.04. The van der Waals surface area contributed by atoms with Crippen LogP contribution in [0.1, 0.15) is 39.1 Å². The molecule has 2 heterocycles. The second kappa shape index (κ2) is 7.97. The van der Waals surface area contributed by atoms with Crippen molar-refractivity contribution in [2.24, 2.45) is 0 Å². The van der Waals surface area contributed by atoms with Gasteiger partial charge in [-0.15, -0.1) is 0 Å². The van der Waals surface area contributed by atoms with E-state index in [0.717, 1.165) is 6.07 Å². The number of halogens is 3. The predicted octanol–water partition coefficient (Wildman–Crippen LogP) is 4.10. The molecule has 1 saturated heterocycles. The van der Waals surface area contributed by atoms with Crippen molar-refractivity contribution >= 4 is 17.0 Å². The van der Waals surface area contributed by atoms with Crippen LogP contribution in [0.4, 0.5) is 13.2 Å². The summed E-state index contributed by atoms with van der Waals surface area (Å²) in [5.41, 5.74) is 1.29. The summed E-state index contributed by atoms with van der Waals surface area (Å²) in [7, 11) is 0. The SMILES string of the molecule is Cc1c(CC2CNCC(n3c(C)nc4c(C(=O)O)cccc43)O2)cccc1C(F)(F)F. The number of aromatic nitrogens is 2. The lowest BCUT2D eigenvalue weighted by molar-refractivity contribution is -0.138. The third-order valence-electron chi connectivity index (χ3n) is 5.65. The van der Waals surface area contributed by atoms with Gasteiger partial charge in [0.1, 0.15) is 17.6 Å². The van der Waals surface area contributed by atoms with Crippen LogP contribution in [0.25, 0.3) is 11.0 Å². The van der Waals surface area contributed by atoms with E-state index in [9.17, 15) is 23.1 Å². The number of aryl methyl sites for hydroxylation is 1. The lowest BCUT2D eigenvalue weighted by Gasteiger charge is -2.33. The van der Waals surface area contributed by atoms with Crippen LogP contribution < -0.4 is 5.32 Å². The molecule has 0 bridgehead atoms. The van der Waals surface area contributed by atoms with Crippen LogP contribution in [0, 0.1) is 13.8 Å². The quantitative estimate of drug-likeness (QED) is 0.648. The molecule has 0 amide bonds. The van der Waals surface area contributed by atoms with Gasteiger partial charge in [0, 0.05) is 19.5 Å². The van der Waals surface area contributed by atoms with Gasteiger partial charge in [-0.25, -0.2) is 9.78 Å². The van der Waals surface area contributed by atoms with Crippen molar-refractivity contribution in [3.8, 4) is 0 Å². The summed E-state index contributed by atoms with van der Waals surface area (Å²) in [5.74, 6) is -0.456. The number of morpholine rings is 1. The normalized spacial score (nSPS) is 19.6. The number of ether oxygens (including phenoxy) is 1. The first-order valence-electron chi connectivity index (χ1n) is 9.89. The van der Waals surface area contributed by atoms with E-state index in [1.807, 2.05) is 4.57 Å². The number of imidazole rings is 1. The molecule has 0 aliphatic carbocycles. The minimum atomic E-state index is -4.40. The number of para-hydroxylation sites is 1. The van der Waals surface area contributed by atoms with Crippen LogP contribution in [0.3, 0.4) is 0 Å². The summed E-state index contributed by atoms with van der Waals surface area (Å²) in [5, 5.41) is 12.7. The van der Waals surface area contributed by atoms with Gasteiger partial charge in [-0.05, 0) is 43.2 Å². The van der Waals surface area contributed by atoms with Crippen LogP contribution >= 0.6 is 0 Å². The molecule has 0 spiro atoms. The fourth-order valence-corrected chi connectivity index (χ4v) is 4.18. The minimum Gasteiger partial charge on any atom is -0.478 e. The molecule has 31 heavy (non-hydrogen) atoms. The van der Waals surface area contributed by atoms with E-state index in [2.05, 4.69) is 10.3 Å². The van der Waals surface area contributed by atoms with Gasteiger partial charge in [0.25, 0.3) is 0 Å². The van der Waals surface area contributed by atoms with Crippen LogP contribution in [0.15, 0.2) is 36.4 Å². The number of hydrogen-bond acceptors (Lipinski definition) is 4. The Bertz CT molecular complexity index is 1140. The maximum absolute atomic E-state index is 13.2. The fraction of sp³-hybridized carbons (Fsp3) is 0.364. The number of hydrogen-bond donors (Lipinski definition) is 2. The zero-order valence-electron chi connectivity index (χ0n) is 17.0. The minimum absolute atomic E-state index is 0.110. The molecule has 1 aromatic heterocycles. The van der Waals surface area contributed by atoms with Crippen molar-refractivity contribution in [2.45, 2.75) is 38.8 Å². The van der Waals surface area contributed by atoms with E-state index in [1.54, 1.807) is 25.1 Å². The number of carboxylic acid groups (broad SMARTS) is 1. The molecule has 4 rings (SSSR count). The molecule has 1 aliphatic rings. The number of nitrogens with one attached hydrogen (secondary N) is 1. The van der Waals surface area contributed by atoms with Gasteiger partial charge in [-0.2, -0.15) is 13.2 Å². The molecule has 0 radical (unpaired) electrons. The Balaban J connectivity index is 1.62. The van der Waals surface area contributed by atoms with Crippen LogP contribution in [0.2, 0.25) is 0 Å². The van der Waals surface area contributed by atoms with Gasteiger partial charge in [0.15, 0.2) is 0 Å². The maximum Gasteiger partial charge on any atom is 0.416 e. The van der Waals surface area contributed by atoms with Gasteiger partial charge < -0.3 is 15.2 Å². The van der Waals surface area contributed by atoms with Gasteiger partial charge in [0.2, 0.25) is 0 Å². The summed E-state index contributed by atoms with van der Waals surface area (Å²) in [4.78, 5) is 15.9. The highest BCUT2D eigenvalue weighted by Gasteiger charge is 2.33. The Kier molecular flexibility index (Phi) is 5.49. The Hall–Kier alpha value is -2.91. The highest BCUT2D eigenvalue weighted by atomic mass is 19.4. The first-order valence-corrected chi connectivity index (χ1v) is 9.89. The molecule has 1 fully saturated rings. The molecule has 2 aromatic carbocycles. The predicted molar refractivity (Wildman–Crippen MR) is 108 cm³/mol. The molecule has 2 atom stereocenters. The number of rotatable bonds is 4. The number of fused-ring (bicyclic) bond motifs is 1. The molecular weight excluding hydrogens is 411 g/mol. The van der Waals surface area contributed by atoms with E-state index >= 15 is 0 Å². The van der Waals surface area contributed by atoms with Crippen LogP contribution in [0.5, 0.6) is 0 Å². The van der Waals surface area contributed by atoms with Crippen LogP contribution in [-0.4, -0.2) is 39.8 Å². The van der Waals surface area contributed by atoms with Crippen molar-refractivity contribution in [1.29, 1.82) is 0 Å². The number of alkyl halides is 3. The number of benzene rings is 2. The largest absolute Gasteiger partial charge is 0.478 e. The summed E-state index contributed by atoms with van der Waals surface area (Å²) < 4.78 is 47.8. The maximum atomic E-state index is 13.2. The molecule has 3 aromatic rings. The lowest BCUT2D eigenvalue weighted by atomic mass is 9.97. The Labute approximate surface area is 176 Å². The van der Waals surface area contributed by atoms with Crippen molar-refractivity contribution < 1.29 is 27.8 Å². The smallest absolute Gasteiger partial charge is 0.416 e. The average molecular weight is 433 g/mol. The van der Waals surface area contributed by atoms with E-state index in [-0.39, 0.29) is 17.2 Å². The highest BCUT2D eigenvalue weighted by Crippen LogP contribution is 2.34. The molecule has 0 saturated carbocycles. The molecule has 2 unspecified atom stereocenters. The third kappa shape index (κ3) is 4.03. The summed E-state index contributed by atoms with van der Waals surface area (Å²) in [6, 6.07) is 9.13. The second-order valence-corrected chi connectivity index (χ2v) is 7.67. The van der Waals surface area contributed by atoms with Crippen molar-refractivity contribution in [3.05, 3.63) is 64.5 Å². The van der Waals surface area contributed by atoms with Gasteiger partial charge in [-0.1, -0.05) is 18.2 Å². The topological polar surface area (TPSA) is 76.4 Å². The Morgan fingerprint density at radius 2 is 1.97 bits per heavy atom. The number of carboxylic acids is 1. The molecule has 1 aliphatic heterocycles. The van der Waals surface area contributed by atoms with Crippen molar-refractivity contribution in [3.63, 3.8) is 0 Å². The molecular formula is C22H22F3N3O3. The standard InChI is InChI=1S/C22H22F3N3O3/c1-12-14(5-3-7-17(12)22(23,24)25)9-15-10-26-11-19(31-15)28-13(2)27-20-16(21(29)30)6-4-8-18(20)28/h3-8,15,19,26H,9-11H2,1-2H3,(H,29,30). The molecule has 2 N–H and O–H groups in total. The molecule has 9 heteroatoms. The summed E-state index contributed by atoms with van der Waals surface area (Å²) in [6.45, 7) is 4.22. The fourth-order valence-electron chi connectivity index (χ4n) is 4.18. The monoisotopic (exact) mass is 433 g/mol. The van der Waals surface area contributed by atoms with E-state index in [4.69, 9.17) is 4.74 Å². The van der Waals surface area contributed by atoms with E-state index < -0.39 is 23.9 Å². The number of aromatic carboxylic acids is 1. The third-order valence-corrected chi connectivity index (χ3v) is 5.65. The molecule has 6 nitrogen and oxygen atoms in total. The van der Waals surface area contributed by atoms with Gasteiger partial charge in [-0.3, -0.25) is 4.57 Å². The summed E-state index contributed by atoms with van der Waals surface area (Å²) in [6.07, 6.45) is -4.88. The van der Waals surface area contributed by atoms with Gasteiger partial charge >= 0.3 is 12.1 Å². The Morgan fingerprint density at radius 1 is 1.23 bits per heavy atom.